The molecule has 0 spiro atoms. The topological polar surface area (TPSA) is 80.3 Å². The number of aryl methyl sites for hydroxylation is 1. The maximum Gasteiger partial charge on any atom is 0.322 e. The number of amides is 3. The predicted octanol–water partition coefficient (Wildman–Crippen LogP) is 5.60. The van der Waals surface area contributed by atoms with Crippen LogP contribution in [0.15, 0.2) is 53.9 Å². The highest BCUT2D eigenvalue weighted by Gasteiger charge is 2.22. The number of carbonyl (C=O) groups excluding carboxylic acids is 2. The first-order chi connectivity index (χ1) is 18.4. The predicted molar refractivity (Wildman–Crippen MR) is 152 cm³/mol. The molecule has 2 aromatic carbocycles. The fraction of sp³-hybridized carbons (Fsp3) is 0.379. The van der Waals surface area contributed by atoms with Crippen LogP contribution >= 0.6 is 11.3 Å². The van der Waals surface area contributed by atoms with E-state index in [0.717, 1.165) is 22.4 Å². The van der Waals surface area contributed by atoms with Crippen molar-refractivity contribution in [3.63, 3.8) is 0 Å². The maximum absolute atomic E-state index is 13.6. The van der Waals surface area contributed by atoms with E-state index in [1.807, 2.05) is 35.4 Å². The van der Waals surface area contributed by atoms with E-state index in [9.17, 15) is 9.59 Å². The van der Waals surface area contributed by atoms with Gasteiger partial charge in [-0.1, -0.05) is 13.0 Å². The molecule has 0 fully saturated rings. The zero-order valence-corrected chi connectivity index (χ0v) is 23.6. The van der Waals surface area contributed by atoms with Crippen LogP contribution < -0.4 is 19.5 Å². The average Bonchev–Trinajstić information content (AvgIpc) is 3.34. The van der Waals surface area contributed by atoms with Crippen LogP contribution in [0, 0.1) is 6.92 Å². The first kappa shape index (κ1) is 28.8. The van der Waals surface area contributed by atoms with Crippen molar-refractivity contribution >= 4 is 29.0 Å². The number of nitrogens with one attached hydrogen (secondary N) is 1. The zero-order chi connectivity index (χ0) is 27.5. The summed E-state index contributed by atoms with van der Waals surface area (Å²) in [4.78, 5) is 31.2. The Labute approximate surface area is 229 Å². The Hall–Kier alpha value is -3.72. The molecule has 0 atom stereocenters. The molecule has 1 N–H and O–H groups in total. The number of hydrogen-bond donors (Lipinski definition) is 1. The number of benzene rings is 2. The molecule has 0 unspecified atom stereocenters. The summed E-state index contributed by atoms with van der Waals surface area (Å²) in [6, 6.07) is 14.6. The summed E-state index contributed by atoms with van der Waals surface area (Å²) in [7, 11) is 4.81. The lowest BCUT2D eigenvalue weighted by Gasteiger charge is -2.28. The van der Waals surface area contributed by atoms with E-state index in [1.54, 1.807) is 61.8 Å². The Morgan fingerprint density at radius 1 is 0.895 bits per heavy atom. The molecule has 8 nitrogen and oxygen atoms in total. The fourth-order valence-electron chi connectivity index (χ4n) is 3.99. The molecule has 3 aromatic rings. The van der Waals surface area contributed by atoms with Gasteiger partial charge in [0.15, 0.2) is 11.5 Å². The van der Waals surface area contributed by atoms with Crippen LogP contribution in [0.5, 0.6) is 17.2 Å². The largest absolute Gasteiger partial charge is 0.497 e. The zero-order valence-electron chi connectivity index (χ0n) is 22.8. The second-order valence-corrected chi connectivity index (χ2v) is 9.86. The number of ether oxygens (including phenoxy) is 3. The lowest BCUT2D eigenvalue weighted by atomic mass is 10.1. The molecular weight excluding hydrogens is 502 g/mol. The standard InChI is InChI=1S/C29H37N3O5S/c1-6-15-32(29(34)30-23-8-10-24(35-3)11-9-23)20-28(33)31(19-27-21(2)14-17-38-27)16-13-22-7-12-25(36-4)26(18-22)37-5/h7-12,14,17-18H,6,13,15-16,19-20H2,1-5H3,(H,30,34). The molecule has 9 heteroatoms. The van der Waals surface area contributed by atoms with E-state index in [1.165, 1.54) is 0 Å². The van der Waals surface area contributed by atoms with Gasteiger partial charge in [0.25, 0.3) is 0 Å². The summed E-state index contributed by atoms with van der Waals surface area (Å²) < 4.78 is 16.0. The van der Waals surface area contributed by atoms with Gasteiger partial charge in [-0.15, -0.1) is 11.3 Å². The second-order valence-electron chi connectivity index (χ2n) is 8.86. The molecule has 0 aliphatic heterocycles. The van der Waals surface area contributed by atoms with Gasteiger partial charge >= 0.3 is 6.03 Å². The fourth-order valence-corrected chi connectivity index (χ4v) is 4.91. The van der Waals surface area contributed by atoms with E-state index >= 15 is 0 Å². The second kappa shape index (κ2) is 14.3. The summed E-state index contributed by atoms with van der Waals surface area (Å²) in [6.07, 6.45) is 1.38. The number of anilines is 1. The smallest absolute Gasteiger partial charge is 0.322 e. The number of rotatable bonds is 13. The van der Waals surface area contributed by atoms with Crippen molar-refractivity contribution in [3.8, 4) is 17.2 Å². The third kappa shape index (κ3) is 7.89. The molecular formula is C29H37N3O5S. The monoisotopic (exact) mass is 539 g/mol. The summed E-state index contributed by atoms with van der Waals surface area (Å²) in [5.74, 6) is 1.92. The van der Waals surface area contributed by atoms with Gasteiger partial charge < -0.3 is 29.3 Å². The van der Waals surface area contributed by atoms with Gasteiger partial charge in [0.05, 0.1) is 27.9 Å². The molecule has 0 radical (unpaired) electrons. The third-order valence-corrected chi connectivity index (χ3v) is 7.23. The highest BCUT2D eigenvalue weighted by atomic mass is 32.1. The average molecular weight is 540 g/mol. The van der Waals surface area contributed by atoms with Crippen molar-refractivity contribution in [2.45, 2.75) is 33.2 Å². The first-order valence-electron chi connectivity index (χ1n) is 12.6. The Morgan fingerprint density at radius 2 is 1.63 bits per heavy atom. The Bertz CT molecular complexity index is 1200. The molecule has 3 rings (SSSR count). The lowest BCUT2D eigenvalue weighted by molar-refractivity contribution is -0.132. The van der Waals surface area contributed by atoms with Gasteiger partial charge in [-0.05, 0) is 78.7 Å². The van der Waals surface area contributed by atoms with Crippen LogP contribution in [0.1, 0.15) is 29.3 Å². The lowest BCUT2D eigenvalue weighted by Crippen LogP contribution is -2.45. The van der Waals surface area contributed by atoms with E-state index in [-0.39, 0.29) is 18.5 Å². The molecule has 38 heavy (non-hydrogen) atoms. The van der Waals surface area contributed by atoms with Gasteiger partial charge in [0.2, 0.25) is 5.91 Å². The molecule has 204 valence electrons. The quantitative estimate of drug-likeness (QED) is 0.306. The number of thiophene rings is 1. The number of nitrogens with zero attached hydrogens (tertiary/aromatic N) is 2. The summed E-state index contributed by atoms with van der Waals surface area (Å²) in [6.45, 7) is 5.50. The molecule has 1 aromatic heterocycles. The van der Waals surface area contributed by atoms with Gasteiger partial charge in [0, 0.05) is 23.7 Å². The van der Waals surface area contributed by atoms with E-state index < -0.39 is 0 Å². The van der Waals surface area contributed by atoms with Gasteiger partial charge in [-0.25, -0.2) is 4.79 Å². The molecule has 0 aliphatic rings. The summed E-state index contributed by atoms with van der Waals surface area (Å²) >= 11 is 1.63. The van der Waals surface area contributed by atoms with Crippen LogP contribution in [0.4, 0.5) is 10.5 Å². The minimum Gasteiger partial charge on any atom is -0.497 e. The van der Waals surface area contributed by atoms with E-state index in [4.69, 9.17) is 14.2 Å². The van der Waals surface area contributed by atoms with Crippen LogP contribution in [0.25, 0.3) is 0 Å². The molecule has 0 aliphatic carbocycles. The Kier molecular flexibility index (Phi) is 10.8. The number of methoxy groups -OCH3 is 3. The summed E-state index contributed by atoms with van der Waals surface area (Å²) in [5.41, 5.74) is 2.83. The van der Waals surface area contributed by atoms with Crippen LogP contribution in [-0.2, 0) is 17.8 Å². The Morgan fingerprint density at radius 3 is 2.24 bits per heavy atom. The van der Waals surface area contributed by atoms with Crippen LogP contribution in [-0.4, -0.2) is 62.7 Å². The number of urea groups is 1. The van der Waals surface area contributed by atoms with Crippen molar-refractivity contribution in [3.05, 3.63) is 69.9 Å². The van der Waals surface area contributed by atoms with Gasteiger partial charge in [-0.3, -0.25) is 4.79 Å². The van der Waals surface area contributed by atoms with E-state index in [2.05, 4.69) is 18.3 Å². The molecule has 3 amide bonds. The minimum absolute atomic E-state index is 0.00775. The normalized spacial score (nSPS) is 10.6. The SMILES string of the molecule is CCCN(CC(=O)N(CCc1ccc(OC)c(OC)c1)Cc1sccc1C)C(=O)Nc1ccc(OC)cc1. The highest BCUT2D eigenvalue weighted by Crippen LogP contribution is 2.28. The van der Waals surface area contributed by atoms with E-state index in [0.29, 0.717) is 49.0 Å². The minimum atomic E-state index is -0.308. The molecule has 0 saturated carbocycles. The number of carbonyl (C=O) groups is 2. The van der Waals surface area contributed by atoms with Crippen molar-refractivity contribution in [2.75, 3.05) is 46.3 Å². The number of hydrogen-bond acceptors (Lipinski definition) is 6. The van der Waals surface area contributed by atoms with Crippen LogP contribution in [0.2, 0.25) is 0 Å². The summed E-state index contributed by atoms with van der Waals surface area (Å²) in [5, 5.41) is 4.93. The van der Waals surface area contributed by atoms with Gasteiger partial charge in [-0.2, -0.15) is 0 Å². The van der Waals surface area contributed by atoms with Crippen molar-refractivity contribution in [1.29, 1.82) is 0 Å². The molecule has 1 heterocycles. The van der Waals surface area contributed by atoms with Gasteiger partial charge in [0.1, 0.15) is 12.3 Å². The third-order valence-electron chi connectivity index (χ3n) is 6.22. The molecule has 0 saturated heterocycles. The van der Waals surface area contributed by atoms with Crippen LogP contribution in [0.3, 0.4) is 0 Å². The maximum atomic E-state index is 13.6. The highest BCUT2D eigenvalue weighted by molar-refractivity contribution is 7.10. The first-order valence-corrected chi connectivity index (χ1v) is 13.5. The van der Waals surface area contributed by atoms with Crippen molar-refractivity contribution in [2.24, 2.45) is 0 Å². The molecule has 0 bridgehead atoms. The van der Waals surface area contributed by atoms with Crippen molar-refractivity contribution in [1.82, 2.24) is 9.80 Å². The van der Waals surface area contributed by atoms with Crippen molar-refractivity contribution < 1.29 is 23.8 Å². The Balaban J connectivity index is 1.73.